The van der Waals surface area contributed by atoms with Gasteiger partial charge in [0.25, 0.3) is 0 Å². The summed E-state index contributed by atoms with van der Waals surface area (Å²) in [5, 5.41) is 25.7. The molecule has 1 aromatic carbocycles. The summed E-state index contributed by atoms with van der Waals surface area (Å²) in [6.45, 7) is 1.05. The first kappa shape index (κ1) is 23.4. The number of ether oxygens (including phenoxy) is 2. The molecule has 4 rings (SSSR count). The van der Waals surface area contributed by atoms with Gasteiger partial charge in [0.2, 0.25) is 5.91 Å². The number of rotatable bonds is 7. The number of aliphatic hydroxyl groups is 2. The van der Waals surface area contributed by atoms with E-state index in [4.69, 9.17) is 15.2 Å². The smallest absolute Gasteiger partial charge is 0.408 e. The molecule has 13 heteroatoms. The van der Waals surface area contributed by atoms with Crippen LogP contribution in [0.1, 0.15) is 18.7 Å². The van der Waals surface area contributed by atoms with Crippen molar-refractivity contribution < 1.29 is 29.3 Å². The van der Waals surface area contributed by atoms with Crippen molar-refractivity contribution in [2.24, 2.45) is 0 Å². The fourth-order valence-electron chi connectivity index (χ4n) is 3.66. The van der Waals surface area contributed by atoms with E-state index in [1.807, 2.05) is 18.2 Å². The number of nitrogens with zero attached hydrogens (tertiary/aromatic N) is 4. The number of anilines is 1. The molecule has 5 atom stereocenters. The fraction of sp³-hybridized carbons (Fsp3) is 0.381. The lowest BCUT2D eigenvalue weighted by molar-refractivity contribution is -0.124. The number of hydrogen-bond donors (Lipinski definition) is 5. The Morgan fingerprint density at radius 2 is 2.03 bits per heavy atom. The van der Waals surface area contributed by atoms with E-state index in [-0.39, 0.29) is 12.4 Å². The first-order chi connectivity index (χ1) is 16.4. The zero-order valence-corrected chi connectivity index (χ0v) is 18.2. The molecule has 0 spiro atoms. The fourth-order valence-corrected chi connectivity index (χ4v) is 3.66. The van der Waals surface area contributed by atoms with E-state index in [9.17, 15) is 19.8 Å². The molecule has 0 bridgehead atoms. The normalized spacial score (nSPS) is 22.9. The lowest BCUT2D eigenvalue weighted by Crippen LogP contribution is -2.54. The van der Waals surface area contributed by atoms with Crippen molar-refractivity contribution in [3.05, 3.63) is 48.5 Å². The van der Waals surface area contributed by atoms with E-state index in [1.165, 1.54) is 24.1 Å². The molecule has 0 saturated carbocycles. The second-order valence-electron chi connectivity index (χ2n) is 7.78. The molecule has 13 nitrogen and oxygen atoms in total. The van der Waals surface area contributed by atoms with Gasteiger partial charge >= 0.3 is 6.09 Å². The number of carbonyl (C=O) groups excluding carboxylic acids is 2. The van der Waals surface area contributed by atoms with Crippen LogP contribution in [-0.4, -0.2) is 72.6 Å². The van der Waals surface area contributed by atoms with Crippen LogP contribution in [0.2, 0.25) is 0 Å². The molecule has 1 aliphatic rings. The molecule has 180 valence electrons. The molecule has 1 fully saturated rings. The lowest BCUT2D eigenvalue weighted by Gasteiger charge is -2.23. The van der Waals surface area contributed by atoms with Gasteiger partial charge < -0.3 is 36.1 Å². The summed E-state index contributed by atoms with van der Waals surface area (Å²) in [5.41, 5.74) is 7.27. The van der Waals surface area contributed by atoms with E-state index in [0.717, 1.165) is 5.56 Å². The van der Waals surface area contributed by atoms with Gasteiger partial charge in [-0.15, -0.1) is 0 Å². The molecule has 2 amide bonds. The van der Waals surface area contributed by atoms with Gasteiger partial charge in [0.1, 0.15) is 36.7 Å². The van der Waals surface area contributed by atoms with Gasteiger partial charge in [-0.1, -0.05) is 30.3 Å². The Morgan fingerprint density at radius 3 is 2.76 bits per heavy atom. The van der Waals surface area contributed by atoms with Gasteiger partial charge in [-0.25, -0.2) is 19.7 Å². The maximum absolute atomic E-state index is 12.7. The number of benzene rings is 1. The number of imidazole rings is 1. The molecule has 0 unspecified atom stereocenters. The number of nitrogens with one attached hydrogen (secondary N) is 2. The minimum atomic E-state index is -1.26. The standard InChI is InChI=1S/C21H25N7O6/c1-11(26-21(32)33-8-12-5-3-2-4-6-12)19(31)27-14-13(7-29)34-20(16(14)30)28-10-25-15-17(22)23-9-24-18(15)28/h2-6,9-11,13-14,16,20,29-30H,7-8H2,1H3,(H,26,32)(H,27,31)(H2,22,23,24)/t11-,13+,14+,16-,20+/m1/s1. The van der Waals surface area contributed by atoms with E-state index < -0.39 is 49.1 Å². The molecule has 3 heterocycles. The van der Waals surface area contributed by atoms with Gasteiger partial charge in [-0.2, -0.15) is 0 Å². The third kappa shape index (κ3) is 4.76. The molecule has 0 aliphatic carbocycles. The molecule has 2 aromatic heterocycles. The van der Waals surface area contributed by atoms with Crippen LogP contribution in [0, 0.1) is 0 Å². The molecular formula is C21H25N7O6. The Morgan fingerprint density at radius 1 is 1.26 bits per heavy atom. The number of aliphatic hydroxyl groups excluding tert-OH is 2. The number of carbonyl (C=O) groups is 2. The van der Waals surface area contributed by atoms with Crippen LogP contribution >= 0.6 is 0 Å². The van der Waals surface area contributed by atoms with E-state index in [1.54, 1.807) is 12.1 Å². The van der Waals surface area contributed by atoms with Crippen LogP contribution in [0.4, 0.5) is 10.6 Å². The minimum absolute atomic E-state index is 0.0530. The SMILES string of the molecule is C[C@@H](NC(=O)OCc1ccccc1)C(=O)N[C@@H]1[C@@H](O)[C@@H](n2cnc3c(N)ncnc32)O[C@H]1CO. The van der Waals surface area contributed by atoms with Crippen molar-refractivity contribution in [1.82, 2.24) is 30.2 Å². The highest BCUT2D eigenvalue weighted by Crippen LogP contribution is 2.31. The highest BCUT2D eigenvalue weighted by Gasteiger charge is 2.46. The second kappa shape index (κ2) is 9.99. The van der Waals surface area contributed by atoms with Crippen molar-refractivity contribution in [3.63, 3.8) is 0 Å². The minimum Gasteiger partial charge on any atom is -0.445 e. The topological polar surface area (TPSA) is 187 Å². The van der Waals surface area contributed by atoms with E-state index in [0.29, 0.717) is 11.2 Å². The summed E-state index contributed by atoms with van der Waals surface area (Å²) in [6.07, 6.45) is -1.31. The van der Waals surface area contributed by atoms with Gasteiger partial charge in [0.15, 0.2) is 17.7 Å². The number of hydrogen-bond acceptors (Lipinski definition) is 10. The maximum atomic E-state index is 12.7. The largest absolute Gasteiger partial charge is 0.445 e. The number of amides is 2. The first-order valence-electron chi connectivity index (χ1n) is 10.5. The molecule has 0 radical (unpaired) electrons. The number of nitrogens with two attached hydrogens (primary N) is 1. The number of aromatic nitrogens is 4. The molecule has 1 aliphatic heterocycles. The Kier molecular flexibility index (Phi) is 6.86. The zero-order chi connectivity index (χ0) is 24.2. The zero-order valence-electron chi connectivity index (χ0n) is 18.2. The highest BCUT2D eigenvalue weighted by molar-refractivity contribution is 5.85. The van der Waals surface area contributed by atoms with Crippen molar-refractivity contribution in [1.29, 1.82) is 0 Å². The summed E-state index contributed by atoms with van der Waals surface area (Å²) in [4.78, 5) is 36.9. The summed E-state index contributed by atoms with van der Waals surface area (Å²) in [6, 6.07) is 7.15. The van der Waals surface area contributed by atoms with Gasteiger partial charge in [0.05, 0.1) is 19.0 Å². The molecule has 34 heavy (non-hydrogen) atoms. The highest BCUT2D eigenvalue weighted by atomic mass is 16.6. The third-order valence-corrected chi connectivity index (χ3v) is 5.47. The molecule has 3 aromatic rings. The van der Waals surface area contributed by atoms with Crippen molar-refractivity contribution >= 4 is 29.0 Å². The predicted molar refractivity (Wildman–Crippen MR) is 118 cm³/mol. The number of nitrogen functional groups attached to an aromatic ring is 1. The van der Waals surface area contributed by atoms with Crippen molar-refractivity contribution in [3.8, 4) is 0 Å². The van der Waals surface area contributed by atoms with Crippen LogP contribution < -0.4 is 16.4 Å². The van der Waals surface area contributed by atoms with Gasteiger partial charge in [0, 0.05) is 0 Å². The number of fused-ring (bicyclic) bond motifs is 1. The van der Waals surface area contributed by atoms with Crippen LogP contribution in [0.25, 0.3) is 11.2 Å². The Bertz CT molecular complexity index is 1160. The predicted octanol–water partition coefficient (Wildman–Crippen LogP) is -0.541. The molecule has 1 saturated heterocycles. The Labute approximate surface area is 193 Å². The van der Waals surface area contributed by atoms with E-state index >= 15 is 0 Å². The second-order valence-corrected chi connectivity index (χ2v) is 7.78. The Hall–Kier alpha value is -3.81. The lowest BCUT2D eigenvalue weighted by atomic mass is 10.1. The third-order valence-electron chi connectivity index (χ3n) is 5.47. The summed E-state index contributed by atoms with van der Waals surface area (Å²) >= 11 is 0. The van der Waals surface area contributed by atoms with E-state index in [2.05, 4.69) is 25.6 Å². The van der Waals surface area contributed by atoms with Crippen molar-refractivity contribution in [2.45, 2.75) is 44.1 Å². The van der Waals surface area contributed by atoms with Gasteiger partial charge in [-0.3, -0.25) is 9.36 Å². The van der Waals surface area contributed by atoms with Crippen molar-refractivity contribution in [2.75, 3.05) is 12.3 Å². The summed E-state index contributed by atoms with van der Waals surface area (Å²) in [7, 11) is 0. The molecular weight excluding hydrogens is 446 g/mol. The van der Waals surface area contributed by atoms with Gasteiger partial charge in [-0.05, 0) is 12.5 Å². The van der Waals surface area contributed by atoms with Crippen LogP contribution in [0.15, 0.2) is 43.0 Å². The number of alkyl carbamates (subject to hydrolysis) is 1. The monoisotopic (exact) mass is 471 g/mol. The van der Waals surface area contributed by atoms with Crippen LogP contribution in [-0.2, 0) is 20.9 Å². The quantitative estimate of drug-likeness (QED) is 0.299. The molecule has 6 N–H and O–H groups in total. The van der Waals surface area contributed by atoms with Crippen LogP contribution in [0.5, 0.6) is 0 Å². The maximum Gasteiger partial charge on any atom is 0.408 e. The first-order valence-corrected chi connectivity index (χ1v) is 10.5. The Balaban J connectivity index is 1.38. The van der Waals surface area contributed by atoms with Crippen LogP contribution in [0.3, 0.4) is 0 Å². The average molecular weight is 471 g/mol. The summed E-state index contributed by atoms with van der Waals surface area (Å²) < 4.78 is 12.3. The average Bonchev–Trinajstić information content (AvgIpc) is 3.40. The summed E-state index contributed by atoms with van der Waals surface area (Å²) in [5.74, 6) is -0.427.